The third-order valence-corrected chi connectivity index (χ3v) is 12.6. The summed E-state index contributed by atoms with van der Waals surface area (Å²) in [6.07, 6.45) is 14.0. The van der Waals surface area contributed by atoms with E-state index < -0.39 is 9.84 Å². The molecule has 4 fully saturated rings. The molecule has 2 heterocycles. The second-order valence-electron chi connectivity index (χ2n) is 15.6. The summed E-state index contributed by atoms with van der Waals surface area (Å²) in [6, 6.07) is 15.4. The minimum atomic E-state index is -3.07. The highest BCUT2D eigenvalue weighted by atomic mass is 32.2. The number of aromatic nitrogens is 2. The molecule has 0 atom stereocenters. The van der Waals surface area contributed by atoms with Gasteiger partial charge in [-0.3, -0.25) is 9.48 Å². The molecule has 0 bridgehead atoms. The zero-order chi connectivity index (χ0) is 35.7. The molecule has 2 aromatic carbocycles. The van der Waals surface area contributed by atoms with Crippen LogP contribution in [0, 0.1) is 24.7 Å². The number of hydrogen-bond donors (Lipinski definition) is 0. The van der Waals surface area contributed by atoms with E-state index in [4.69, 9.17) is 9.47 Å². The van der Waals surface area contributed by atoms with E-state index in [1.54, 1.807) is 12.0 Å². The van der Waals surface area contributed by atoms with Gasteiger partial charge in [0.2, 0.25) is 5.91 Å². The van der Waals surface area contributed by atoms with E-state index in [1.165, 1.54) is 30.2 Å². The Labute approximate surface area is 302 Å². The Morgan fingerprint density at radius 3 is 2.31 bits per heavy atom. The van der Waals surface area contributed by atoms with Gasteiger partial charge in [-0.15, -0.1) is 0 Å². The zero-order valence-corrected chi connectivity index (χ0v) is 31.0. The number of anilines is 1. The summed E-state index contributed by atoms with van der Waals surface area (Å²) >= 11 is 0. The Balaban J connectivity index is 1.00. The zero-order valence-electron chi connectivity index (χ0n) is 30.2. The maximum absolute atomic E-state index is 14.5. The number of rotatable bonds is 11. The Morgan fingerprint density at radius 1 is 0.902 bits per heavy atom. The fourth-order valence-electron chi connectivity index (χ4n) is 8.41. The topological polar surface area (TPSA) is 111 Å². The molecule has 274 valence electrons. The van der Waals surface area contributed by atoms with Crippen LogP contribution in [0.15, 0.2) is 54.9 Å². The molecule has 10 nitrogen and oxygen atoms in total. The Bertz CT molecular complexity index is 1820. The molecule has 1 aliphatic heterocycles. The van der Waals surface area contributed by atoms with Gasteiger partial charge >= 0.3 is 6.09 Å². The van der Waals surface area contributed by atoms with Gasteiger partial charge in [0, 0.05) is 55.2 Å². The molecule has 51 heavy (non-hydrogen) atoms. The number of ether oxygens (including phenoxy) is 2. The van der Waals surface area contributed by atoms with E-state index in [0.717, 1.165) is 48.2 Å². The van der Waals surface area contributed by atoms with Gasteiger partial charge in [0.05, 0.1) is 25.1 Å². The number of methoxy groups -OCH3 is 1. The fourth-order valence-corrected chi connectivity index (χ4v) is 9.48. The van der Waals surface area contributed by atoms with Crippen molar-refractivity contribution in [3.63, 3.8) is 0 Å². The summed E-state index contributed by atoms with van der Waals surface area (Å²) in [5.41, 5.74) is 5.61. The molecule has 0 unspecified atom stereocenters. The van der Waals surface area contributed by atoms with Crippen molar-refractivity contribution in [1.82, 2.24) is 14.7 Å². The molecule has 0 radical (unpaired) electrons. The van der Waals surface area contributed by atoms with Crippen LogP contribution in [0.25, 0.3) is 11.1 Å². The summed E-state index contributed by atoms with van der Waals surface area (Å²) in [7, 11) is -1.35. The molecule has 1 aromatic heterocycles. The third-order valence-electron chi connectivity index (χ3n) is 11.5. The summed E-state index contributed by atoms with van der Waals surface area (Å²) in [6.45, 7) is 3.62. The van der Waals surface area contributed by atoms with E-state index in [0.29, 0.717) is 63.2 Å². The first-order valence-electron chi connectivity index (χ1n) is 18.8. The number of carbonyl (C=O) groups excluding carboxylic acids is 2. The lowest BCUT2D eigenvalue weighted by molar-refractivity contribution is -0.124. The second-order valence-corrected chi connectivity index (χ2v) is 17.8. The van der Waals surface area contributed by atoms with Gasteiger partial charge in [-0.05, 0) is 118 Å². The number of amides is 2. The fraction of sp³-hybridized carbons (Fsp3) is 0.575. The number of benzene rings is 2. The molecule has 7 rings (SSSR count). The standard InChI is InChI=1S/C40H52N4O6S/c1-27-19-33(13-18-38(27)49-2)30-9-7-28(8-10-30)24-43(36-6-4-5-32(20-36)34-21-41-44(25-34)35-14-15-35)39(45)31-11-16-37(17-12-31)50-40(46)42-22-29(23-42)26-51(3,47)48/h4-6,13,18-21,25,28-31,35,37H,7-12,14-17,22-24,26H2,1-3H3. The summed E-state index contributed by atoms with van der Waals surface area (Å²) in [5.74, 6) is 1.94. The van der Waals surface area contributed by atoms with Crippen LogP contribution in [-0.2, 0) is 19.4 Å². The Morgan fingerprint density at radius 2 is 1.65 bits per heavy atom. The molecular weight excluding hydrogens is 665 g/mol. The van der Waals surface area contributed by atoms with Crippen molar-refractivity contribution in [1.29, 1.82) is 0 Å². The van der Waals surface area contributed by atoms with Crippen LogP contribution in [0.4, 0.5) is 10.5 Å². The Kier molecular flexibility index (Phi) is 10.5. The predicted molar refractivity (Wildman–Crippen MR) is 198 cm³/mol. The highest BCUT2D eigenvalue weighted by molar-refractivity contribution is 7.90. The van der Waals surface area contributed by atoms with Crippen LogP contribution in [0.1, 0.15) is 87.3 Å². The van der Waals surface area contributed by atoms with Gasteiger partial charge in [0.25, 0.3) is 0 Å². The molecule has 11 heteroatoms. The van der Waals surface area contributed by atoms with Gasteiger partial charge < -0.3 is 19.3 Å². The predicted octanol–water partition coefficient (Wildman–Crippen LogP) is 7.18. The van der Waals surface area contributed by atoms with E-state index >= 15 is 0 Å². The van der Waals surface area contributed by atoms with Gasteiger partial charge in [-0.1, -0.05) is 24.3 Å². The van der Waals surface area contributed by atoms with Crippen LogP contribution in [0.3, 0.4) is 0 Å². The number of likely N-dealkylation sites (tertiary alicyclic amines) is 1. The van der Waals surface area contributed by atoms with Gasteiger partial charge in [0.1, 0.15) is 21.7 Å². The minimum Gasteiger partial charge on any atom is -0.496 e. The molecule has 4 aliphatic rings. The van der Waals surface area contributed by atoms with Crippen molar-refractivity contribution >= 4 is 27.5 Å². The summed E-state index contributed by atoms with van der Waals surface area (Å²) in [4.78, 5) is 30.9. The van der Waals surface area contributed by atoms with Crippen molar-refractivity contribution in [2.24, 2.45) is 17.8 Å². The molecule has 3 saturated carbocycles. The summed E-state index contributed by atoms with van der Waals surface area (Å²) < 4.78 is 36.6. The van der Waals surface area contributed by atoms with Crippen molar-refractivity contribution < 1.29 is 27.5 Å². The maximum Gasteiger partial charge on any atom is 0.410 e. The number of aryl methyl sites for hydroxylation is 1. The first kappa shape index (κ1) is 35.5. The van der Waals surface area contributed by atoms with E-state index in [2.05, 4.69) is 70.3 Å². The Hall–Kier alpha value is -3.86. The molecule has 2 amide bonds. The normalized spacial score (nSPS) is 24.1. The molecule has 1 saturated heterocycles. The van der Waals surface area contributed by atoms with Crippen LogP contribution in [0.5, 0.6) is 5.75 Å². The lowest BCUT2D eigenvalue weighted by atomic mass is 9.78. The number of sulfone groups is 1. The quantitative estimate of drug-likeness (QED) is 0.207. The third kappa shape index (κ3) is 8.62. The molecule has 0 spiro atoms. The lowest BCUT2D eigenvalue weighted by Crippen LogP contribution is -2.53. The highest BCUT2D eigenvalue weighted by Gasteiger charge is 2.37. The van der Waals surface area contributed by atoms with Crippen molar-refractivity contribution in [2.45, 2.75) is 89.2 Å². The van der Waals surface area contributed by atoms with Crippen molar-refractivity contribution in [2.75, 3.05) is 43.7 Å². The van der Waals surface area contributed by atoms with Crippen molar-refractivity contribution in [3.05, 3.63) is 66.0 Å². The van der Waals surface area contributed by atoms with Crippen LogP contribution in [-0.4, -0.2) is 80.0 Å². The monoisotopic (exact) mass is 716 g/mol. The number of hydrogen-bond acceptors (Lipinski definition) is 7. The molecular formula is C40H52N4O6S. The van der Waals surface area contributed by atoms with Crippen LogP contribution >= 0.6 is 0 Å². The average Bonchev–Trinajstić information content (AvgIpc) is 3.84. The van der Waals surface area contributed by atoms with Crippen LogP contribution in [0.2, 0.25) is 0 Å². The minimum absolute atomic E-state index is 0.0264. The molecule has 0 N–H and O–H groups in total. The van der Waals surface area contributed by atoms with E-state index in [1.807, 2.05) is 6.20 Å². The van der Waals surface area contributed by atoms with E-state index in [-0.39, 0.29) is 35.7 Å². The highest BCUT2D eigenvalue weighted by Crippen LogP contribution is 2.40. The van der Waals surface area contributed by atoms with Crippen LogP contribution < -0.4 is 9.64 Å². The SMILES string of the molecule is COc1ccc(C2CCC(CN(C(=O)C3CCC(OC(=O)N4CC(CS(C)(=O)=O)C4)CC3)c3cccc(-c4cnn(C5CC5)c4)c3)CC2)cc1C. The average molecular weight is 717 g/mol. The number of nitrogens with zero attached hydrogens (tertiary/aromatic N) is 4. The van der Waals surface area contributed by atoms with Gasteiger partial charge in [0.15, 0.2) is 0 Å². The first-order valence-corrected chi connectivity index (χ1v) is 20.8. The van der Waals surface area contributed by atoms with Gasteiger partial charge in [-0.25, -0.2) is 13.2 Å². The number of carbonyl (C=O) groups is 2. The second kappa shape index (κ2) is 15.0. The molecule has 3 aromatic rings. The van der Waals surface area contributed by atoms with Crippen molar-refractivity contribution in [3.8, 4) is 16.9 Å². The largest absolute Gasteiger partial charge is 0.496 e. The lowest BCUT2D eigenvalue weighted by Gasteiger charge is -2.39. The van der Waals surface area contributed by atoms with E-state index in [9.17, 15) is 18.0 Å². The smallest absolute Gasteiger partial charge is 0.410 e. The van der Waals surface area contributed by atoms with Gasteiger partial charge in [-0.2, -0.15) is 5.10 Å². The maximum atomic E-state index is 14.5. The molecule has 3 aliphatic carbocycles. The summed E-state index contributed by atoms with van der Waals surface area (Å²) in [5, 5.41) is 4.61. The first-order chi connectivity index (χ1) is 24.5.